The summed E-state index contributed by atoms with van der Waals surface area (Å²) in [5.41, 5.74) is 0.794. The quantitative estimate of drug-likeness (QED) is 0.727. The Labute approximate surface area is 154 Å². The molecule has 0 unspecified atom stereocenters. The van der Waals surface area contributed by atoms with Gasteiger partial charge in [-0.1, -0.05) is 12.1 Å². The van der Waals surface area contributed by atoms with Crippen molar-refractivity contribution in [2.75, 3.05) is 26.1 Å². The van der Waals surface area contributed by atoms with Crippen molar-refractivity contribution in [1.29, 1.82) is 0 Å². The summed E-state index contributed by atoms with van der Waals surface area (Å²) in [5, 5.41) is 2.49. The van der Waals surface area contributed by atoms with Crippen LogP contribution in [0.2, 0.25) is 0 Å². The summed E-state index contributed by atoms with van der Waals surface area (Å²) >= 11 is 0. The first-order valence-corrected chi connectivity index (χ1v) is 7.81. The topological polar surface area (TPSA) is 56.8 Å². The predicted molar refractivity (Wildman–Crippen MR) is 95.2 cm³/mol. The molecule has 0 spiro atoms. The van der Waals surface area contributed by atoms with E-state index in [0.29, 0.717) is 17.1 Å². The molecule has 2 aromatic carbocycles. The Morgan fingerprint density at radius 2 is 1.70 bits per heavy atom. The molecule has 144 valence electrons. The van der Waals surface area contributed by atoms with Crippen LogP contribution in [0.15, 0.2) is 48.5 Å². The number of alkyl halides is 3. The second kappa shape index (κ2) is 8.98. The molecule has 0 aliphatic heterocycles. The van der Waals surface area contributed by atoms with Gasteiger partial charge in [-0.15, -0.1) is 0 Å². The molecule has 2 aromatic rings. The highest BCUT2D eigenvalue weighted by atomic mass is 19.4. The van der Waals surface area contributed by atoms with E-state index in [0.717, 1.165) is 0 Å². The van der Waals surface area contributed by atoms with Gasteiger partial charge in [-0.25, -0.2) is 0 Å². The van der Waals surface area contributed by atoms with Gasteiger partial charge in [0, 0.05) is 12.1 Å². The lowest BCUT2D eigenvalue weighted by atomic mass is 10.2. The summed E-state index contributed by atoms with van der Waals surface area (Å²) in [6, 6.07) is 11.0. The minimum Gasteiger partial charge on any atom is -0.497 e. The van der Waals surface area contributed by atoms with Gasteiger partial charge in [0.05, 0.1) is 19.9 Å². The first kappa shape index (κ1) is 20.2. The summed E-state index contributed by atoms with van der Waals surface area (Å²) in [7, 11) is 3.01. The van der Waals surface area contributed by atoms with Crippen molar-refractivity contribution < 1.29 is 32.2 Å². The van der Waals surface area contributed by atoms with Crippen molar-refractivity contribution >= 4 is 17.7 Å². The zero-order valence-corrected chi connectivity index (χ0v) is 14.7. The summed E-state index contributed by atoms with van der Waals surface area (Å²) in [6.45, 7) is -1.45. The minimum absolute atomic E-state index is 0.0698. The highest BCUT2D eigenvalue weighted by Crippen LogP contribution is 2.27. The molecule has 0 heterocycles. The monoisotopic (exact) mass is 381 g/mol. The van der Waals surface area contributed by atoms with Crippen LogP contribution in [0.25, 0.3) is 6.08 Å². The number of rotatable bonds is 7. The number of carbonyl (C=O) groups excluding carboxylic acids is 1. The largest absolute Gasteiger partial charge is 0.497 e. The van der Waals surface area contributed by atoms with E-state index in [4.69, 9.17) is 14.2 Å². The number of ether oxygens (including phenoxy) is 3. The Kier molecular flexibility index (Phi) is 6.70. The van der Waals surface area contributed by atoms with Gasteiger partial charge in [0.2, 0.25) is 5.91 Å². The number of amides is 1. The molecular formula is C19H18F3NO4. The molecule has 2 rings (SSSR count). The van der Waals surface area contributed by atoms with E-state index in [-0.39, 0.29) is 11.4 Å². The van der Waals surface area contributed by atoms with Gasteiger partial charge in [0.15, 0.2) is 6.61 Å². The second-order valence-electron chi connectivity index (χ2n) is 5.37. The zero-order chi connectivity index (χ0) is 19.9. The third-order valence-corrected chi connectivity index (χ3v) is 3.34. The molecule has 27 heavy (non-hydrogen) atoms. The number of carbonyl (C=O) groups is 1. The van der Waals surface area contributed by atoms with Crippen LogP contribution in [-0.4, -0.2) is 32.9 Å². The van der Waals surface area contributed by atoms with E-state index in [9.17, 15) is 18.0 Å². The van der Waals surface area contributed by atoms with Crippen molar-refractivity contribution in [2.45, 2.75) is 6.18 Å². The Balaban J connectivity index is 2.09. The highest BCUT2D eigenvalue weighted by Gasteiger charge is 2.28. The van der Waals surface area contributed by atoms with Crippen molar-refractivity contribution in [3.05, 3.63) is 54.1 Å². The SMILES string of the molecule is COc1cc(/C=C/C(=O)Nc2ccccc2OCC(F)(F)F)cc(OC)c1. The smallest absolute Gasteiger partial charge is 0.422 e. The maximum Gasteiger partial charge on any atom is 0.422 e. The van der Waals surface area contributed by atoms with Gasteiger partial charge >= 0.3 is 6.18 Å². The van der Waals surface area contributed by atoms with Gasteiger partial charge in [-0.05, 0) is 35.9 Å². The normalized spacial score (nSPS) is 11.3. The molecule has 0 saturated carbocycles. The lowest BCUT2D eigenvalue weighted by Gasteiger charge is -2.13. The number of benzene rings is 2. The molecule has 1 N–H and O–H groups in total. The fourth-order valence-electron chi connectivity index (χ4n) is 2.13. The second-order valence-corrected chi connectivity index (χ2v) is 5.37. The summed E-state index contributed by atoms with van der Waals surface area (Å²) in [4.78, 5) is 12.1. The maximum absolute atomic E-state index is 12.3. The van der Waals surface area contributed by atoms with Crippen molar-refractivity contribution in [3.63, 3.8) is 0 Å². The predicted octanol–water partition coefficient (Wildman–Crippen LogP) is 4.30. The third-order valence-electron chi connectivity index (χ3n) is 3.34. The maximum atomic E-state index is 12.3. The van der Waals surface area contributed by atoms with Crippen LogP contribution >= 0.6 is 0 Å². The first-order valence-electron chi connectivity index (χ1n) is 7.81. The molecule has 1 amide bonds. The van der Waals surface area contributed by atoms with E-state index in [1.54, 1.807) is 24.3 Å². The highest BCUT2D eigenvalue weighted by molar-refractivity contribution is 6.02. The van der Waals surface area contributed by atoms with Crippen LogP contribution in [0.1, 0.15) is 5.56 Å². The molecule has 0 aliphatic carbocycles. The van der Waals surface area contributed by atoms with E-state index in [1.165, 1.54) is 44.6 Å². The fourth-order valence-corrected chi connectivity index (χ4v) is 2.13. The van der Waals surface area contributed by atoms with Gasteiger partial charge in [0.25, 0.3) is 0 Å². The summed E-state index contributed by atoms with van der Waals surface area (Å²) in [6.07, 6.45) is -1.70. The number of methoxy groups -OCH3 is 2. The number of nitrogens with one attached hydrogen (secondary N) is 1. The molecule has 8 heteroatoms. The lowest BCUT2D eigenvalue weighted by Crippen LogP contribution is -2.20. The van der Waals surface area contributed by atoms with Crippen LogP contribution in [0, 0.1) is 0 Å². The van der Waals surface area contributed by atoms with Gasteiger partial charge in [-0.3, -0.25) is 4.79 Å². The van der Waals surface area contributed by atoms with E-state index in [1.807, 2.05) is 0 Å². The fraction of sp³-hybridized carbons (Fsp3) is 0.211. The van der Waals surface area contributed by atoms with Crippen LogP contribution in [0.5, 0.6) is 17.2 Å². The first-order chi connectivity index (χ1) is 12.8. The van der Waals surface area contributed by atoms with Crippen LogP contribution < -0.4 is 19.5 Å². The summed E-state index contributed by atoms with van der Waals surface area (Å²) < 4.78 is 52.0. The molecule has 0 aromatic heterocycles. The number of hydrogen-bond acceptors (Lipinski definition) is 4. The van der Waals surface area contributed by atoms with Crippen LogP contribution in [0.4, 0.5) is 18.9 Å². The molecule has 0 atom stereocenters. The van der Waals surface area contributed by atoms with Gasteiger partial charge < -0.3 is 19.5 Å². The molecule has 0 radical (unpaired) electrons. The van der Waals surface area contributed by atoms with Crippen molar-refractivity contribution in [1.82, 2.24) is 0 Å². The number of halogens is 3. The Morgan fingerprint density at radius 3 is 2.30 bits per heavy atom. The number of anilines is 1. The van der Waals surface area contributed by atoms with E-state index in [2.05, 4.69) is 5.32 Å². The van der Waals surface area contributed by atoms with Gasteiger partial charge in [0.1, 0.15) is 17.2 Å². The Hall–Kier alpha value is -3.16. The van der Waals surface area contributed by atoms with Gasteiger partial charge in [-0.2, -0.15) is 13.2 Å². The number of hydrogen-bond donors (Lipinski definition) is 1. The Bertz CT molecular complexity index is 797. The van der Waals surface area contributed by atoms with Crippen molar-refractivity contribution in [3.8, 4) is 17.2 Å². The molecule has 5 nitrogen and oxygen atoms in total. The van der Waals surface area contributed by atoms with Crippen LogP contribution in [-0.2, 0) is 4.79 Å². The minimum atomic E-state index is -4.47. The third kappa shape index (κ3) is 6.58. The van der Waals surface area contributed by atoms with E-state index >= 15 is 0 Å². The van der Waals surface area contributed by atoms with Crippen LogP contribution in [0.3, 0.4) is 0 Å². The summed E-state index contributed by atoms with van der Waals surface area (Å²) in [5.74, 6) is 0.514. The lowest BCUT2D eigenvalue weighted by molar-refractivity contribution is -0.153. The molecular weight excluding hydrogens is 363 g/mol. The van der Waals surface area contributed by atoms with Crippen molar-refractivity contribution in [2.24, 2.45) is 0 Å². The Morgan fingerprint density at radius 1 is 1.07 bits per heavy atom. The average Bonchev–Trinajstić information content (AvgIpc) is 2.64. The molecule has 0 saturated heterocycles. The zero-order valence-electron chi connectivity index (χ0n) is 14.7. The standard InChI is InChI=1S/C19H18F3NO4/c1-25-14-9-13(10-15(11-14)26-2)7-8-18(24)23-16-5-3-4-6-17(16)27-12-19(20,21)22/h3-11H,12H2,1-2H3,(H,23,24)/b8-7+. The van der Waals surface area contributed by atoms with E-state index < -0.39 is 18.7 Å². The molecule has 0 fully saturated rings. The molecule has 0 bridgehead atoms. The molecule has 0 aliphatic rings. The number of para-hydroxylation sites is 2. The average molecular weight is 381 g/mol.